The van der Waals surface area contributed by atoms with Gasteiger partial charge in [-0.05, 0) is 35.9 Å². The Hall–Kier alpha value is -3.66. The maximum absolute atomic E-state index is 14.5. The number of ether oxygens (including phenoxy) is 1. The Morgan fingerprint density at radius 1 is 1.13 bits per heavy atom. The average Bonchev–Trinajstić information content (AvgIpc) is 3.47. The molecule has 0 aliphatic heterocycles. The molecular formula is C20H16FN7OS. The number of nitrogens with zero attached hydrogens (tertiary/aromatic N) is 7. The van der Waals surface area contributed by atoms with Crippen LogP contribution in [0.5, 0.6) is 5.88 Å². The molecule has 0 fully saturated rings. The first-order valence-corrected chi connectivity index (χ1v) is 10.1. The molecule has 0 N–H and O–H groups in total. The summed E-state index contributed by atoms with van der Waals surface area (Å²) in [6.07, 6.45) is 1.78. The van der Waals surface area contributed by atoms with E-state index in [4.69, 9.17) is 4.74 Å². The highest BCUT2D eigenvalue weighted by molar-refractivity contribution is 7.08. The van der Waals surface area contributed by atoms with Crippen molar-refractivity contribution in [1.82, 2.24) is 34.8 Å². The molecule has 4 heterocycles. The number of aromatic nitrogens is 7. The van der Waals surface area contributed by atoms with E-state index in [0.717, 1.165) is 16.6 Å². The Morgan fingerprint density at radius 3 is 2.73 bits per heavy atom. The number of hydrogen-bond acceptors (Lipinski definition) is 7. The van der Waals surface area contributed by atoms with Crippen molar-refractivity contribution < 1.29 is 9.13 Å². The maximum Gasteiger partial charge on any atom is 0.242 e. The molecule has 150 valence electrons. The number of fused-ring (bicyclic) bond motifs is 1. The third-order valence-corrected chi connectivity index (χ3v) is 5.31. The van der Waals surface area contributed by atoms with Crippen LogP contribution in [0.25, 0.3) is 28.0 Å². The van der Waals surface area contributed by atoms with Crippen molar-refractivity contribution >= 4 is 16.9 Å². The van der Waals surface area contributed by atoms with Gasteiger partial charge in [0, 0.05) is 12.6 Å². The second kappa shape index (κ2) is 7.30. The standard InChI is InChI=1S/C20H16FN7OS/c1-12-18-17(13-7-8-30-11-13)20(29-10-14-9-27(2)26-23-14)25-28(18)19(24-22-12)15-5-3-4-6-16(15)21/h3-9,11H,10H2,1-2H3. The monoisotopic (exact) mass is 421 g/mol. The third-order valence-electron chi connectivity index (χ3n) is 4.62. The van der Waals surface area contributed by atoms with Crippen LogP contribution in [0, 0.1) is 12.7 Å². The van der Waals surface area contributed by atoms with E-state index in [1.54, 1.807) is 52.0 Å². The summed E-state index contributed by atoms with van der Waals surface area (Å²) in [7, 11) is 1.79. The van der Waals surface area contributed by atoms with Gasteiger partial charge < -0.3 is 4.74 Å². The van der Waals surface area contributed by atoms with Crippen LogP contribution in [0.1, 0.15) is 11.4 Å². The molecule has 0 saturated carbocycles. The van der Waals surface area contributed by atoms with Crippen LogP contribution in [0.4, 0.5) is 4.39 Å². The number of halogens is 1. The van der Waals surface area contributed by atoms with Gasteiger partial charge in [0.15, 0.2) is 5.82 Å². The average molecular weight is 421 g/mol. The highest BCUT2D eigenvalue weighted by Crippen LogP contribution is 2.38. The van der Waals surface area contributed by atoms with Crippen LogP contribution in [-0.2, 0) is 13.7 Å². The summed E-state index contributed by atoms with van der Waals surface area (Å²) in [6.45, 7) is 2.04. The van der Waals surface area contributed by atoms with Gasteiger partial charge in [-0.1, -0.05) is 17.3 Å². The molecule has 0 aliphatic carbocycles. The molecule has 0 spiro atoms. The van der Waals surface area contributed by atoms with Gasteiger partial charge in [-0.3, -0.25) is 4.68 Å². The molecule has 8 nitrogen and oxygen atoms in total. The smallest absolute Gasteiger partial charge is 0.242 e. The van der Waals surface area contributed by atoms with Gasteiger partial charge in [0.25, 0.3) is 0 Å². The zero-order chi connectivity index (χ0) is 20.7. The molecule has 30 heavy (non-hydrogen) atoms. The lowest BCUT2D eigenvalue weighted by Crippen LogP contribution is -2.04. The van der Waals surface area contributed by atoms with Gasteiger partial charge in [0.2, 0.25) is 5.88 Å². The van der Waals surface area contributed by atoms with Gasteiger partial charge in [-0.15, -0.1) is 15.3 Å². The summed E-state index contributed by atoms with van der Waals surface area (Å²) in [6, 6.07) is 8.41. The number of hydrogen-bond donors (Lipinski definition) is 0. The Kier molecular flexibility index (Phi) is 4.47. The third kappa shape index (κ3) is 3.11. The minimum absolute atomic E-state index is 0.198. The number of benzene rings is 1. The van der Waals surface area contributed by atoms with Crippen molar-refractivity contribution in [3.05, 3.63) is 64.5 Å². The molecule has 1 aromatic carbocycles. The van der Waals surface area contributed by atoms with E-state index in [0.29, 0.717) is 28.7 Å². The van der Waals surface area contributed by atoms with Gasteiger partial charge in [-0.25, -0.2) is 8.91 Å². The zero-order valence-electron chi connectivity index (χ0n) is 16.2. The van der Waals surface area contributed by atoms with E-state index in [1.165, 1.54) is 6.07 Å². The van der Waals surface area contributed by atoms with Gasteiger partial charge in [0.05, 0.1) is 23.0 Å². The normalized spacial score (nSPS) is 11.3. The molecular weight excluding hydrogens is 405 g/mol. The van der Waals surface area contributed by atoms with Crippen LogP contribution in [0.2, 0.25) is 0 Å². The quantitative estimate of drug-likeness (QED) is 0.431. The fourth-order valence-corrected chi connectivity index (χ4v) is 3.93. The van der Waals surface area contributed by atoms with E-state index in [-0.39, 0.29) is 6.61 Å². The summed E-state index contributed by atoms with van der Waals surface area (Å²) < 4.78 is 23.7. The Labute approximate surface area is 174 Å². The number of thiophene rings is 1. The van der Waals surface area contributed by atoms with Crippen molar-refractivity contribution in [2.24, 2.45) is 7.05 Å². The first kappa shape index (κ1) is 18.4. The molecule has 0 unspecified atom stereocenters. The van der Waals surface area contributed by atoms with Gasteiger partial charge in [-0.2, -0.15) is 16.4 Å². The highest BCUT2D eigenvalue weighted by Gasteiger charge is 2.23. The number of aryl methyl sites for hydroxylation is 2. The predicted octanol–water partition coefficient (Wildman–Crippen LogP) is 3.67. The summed E-state index contributed by atoms with van der Waals surface area (Å²) in [5.41, 5.74) is 4.10. The summed E-state index contributed by atoms with van der Waals surface area (Å²) in [5, 5.41) is 25.1. The maximum atomic E-state index is 14.5. The van der Waals surface area contributed by atoms with Crippen LogP contribution in [0.15, 0.2) is 47.3 Å². The first-order valence-electron chi connectivity index (χ1n) is 9.13. The molecule has 4 aromatic heterocycles. The van der Waals surface area contributed by atoms with Gasteiger partial charge in [0.1, 0.15) is 23.6 Å². The van der Waals surface area contributed by atoms with Crippen LogP contribution >= 0.6 is 11.3 Å². The largest absolute Gasteiger partial charge is 0.469 e. The zero-order valence-corrected chi connectivity index (χ0v) is 17.0. The lowest BCUT2D eigenvalue weighted by Gasteiger charge is -2.06. The molecule has 5 aromatic rings. The van der Waals surface area contributed by atoms with E-state index in [1.807, 2.05) is 23.8 Å². The van der Waals surface area contributed by atoms with E-state index < -0.39 is 5.82 Å². The SMILES string of the molecule is Cc1nnc(-c2ccccc2F)n2nc(OCc3cn(C)nn3)c(-c3ccsc3)c12. The molecule has 0 bridgehead atoms. The first-order chi connectivity index (χ1) is 14.6. The summed E-state index contributed by atoms with van der Waals surface area (Å²) >= 11 is 1.57. The molecule has 0 aliphatic rings. The summed E-state index contributed by atoms with van der Waals surface area (Å²) in [5.74, 6) is 0.306. The van der Waals surface area contributed by atoms with Crippen molar-refractivity contribution in [2.75, 3.05) is 0 Å². The van der Waals surface area contributed by atoms with E-state index in [9.17, 15) is 4.39 Å². The van der Waals surface area contributed by atoms with Crippen molar-refractivity contribution in [1.29, 1.82) is 0 Å². The van der Waals surface area contributed by atoms with Crippen LogP contribution < -0.4 is 4.74 Å². The molecule has 0 radical (unpaired) electrons. The lowest BCUT2D eigenvalue weighted by atomic mass is 10.1. The predicted molar refractivity (Wildman–Crippen MR) is 110 cm³/mol. The topological polar surface area (TPSA) is 83.0 Å². The fraction of sp³-hybridized carbons (Fsp3) is 0.150. The highest BCUT2D eigenvalue weighted by atomic mass is 32.1. The second-order valence-corrected chi connectivity index (χ2v) is 7.49. The van der Waals surface area contributed by atoms with Crippen LogP contribution in [-0.4, -0.2) is 34.8 Å². The Balaban J connectivity index is 1.71. The fourth-order valence-electron chi connectivity index (χ4n) is 3.28. The van der Waals surface area contributed by atoms with E-state index >= 15 is 0 Å². The molecule has 0 atom stereocenters. The van der Waals surface area contributed by atoms with Crippen molar-refractivity contribution in [3.63, 3.8) is 0 Å². The minimum atomic E-state index is -0.397. The molecule has 5 rings (SSSR count). The number of rotatable bonds is 5. The lowest BCUT2D eigenvalue weighted by molar-refractivity contribution is 0.289. The minimum Gasteiger partial charge on any atom is -0.469 e. The van der Waals surface area contributed by atoms with Crippen LogP contribution in [0.3, 0.4) is 0 Å². The molecule has 0 saturated heterocycles. The Bertz CT molecular complexity index is 1340. The van der Waals surface area contributed by atoms with E-state index in [2.05, 4.69) is 25.6 Å². The summed E-state index contributed by atoms with van der Waals surface area (Å²) in [4.78, 5) is 0. The van der Waals surface area contributed by atoms with Crippen molar-refractivity contribution in [3.8, 4) is 28.4 Å². The van der Waals surface area contributed by atoms with Gasteiger partial charge >= 0.3 is 0 Å². The molecule has 0 amide bonds. The van der Waals surface area contributed by atoms with Crippen molar-refractivity contribution in [2.45, 2.75) is 13.5 Å². The molecule has 10 heteroatoms. The second-order valence-electron chi connectivity index (χ2n) is 6.71. The Morgan fingerprint density at radius 2 is 2.00 bits per heavy atom.